The number of ether oxygens (including phenoxy) is 2. The molecule has 2 heterocycles. The van der Waals surface area contributed by atoms with Gasteiger partial charge < -0.3 is 23.9 Å². The molecule has 0 saturated heterocycles. The number of rotatable bonds is 9. The molecule has 0 spiro atoms. The maximum absolute atomic E-state index is 13.2. The van der Waals surface area contributed by atoms with E-state index < -0.39 is 40.0 Å². The van der Waals surface area contributed by atoms with Gasteiger partial charge in [0.15, 0.2) is 0 Å². The highest BCUT2D eigenvalue weighted by Crippen LogP contribution is 2.45. The highest BCUT2D eigenvalue weighted by Gasteiger charge is 2.39. The van der Waals surface area contributed by atoms with E-state index in [0.717, 1.165) is 4.91 Å². The van der Waals surface area contributed by atoms with Crippen LogP contribution >= 0.6 is 11.8 Å². The standard InChI is InChI=1S/C28H31F3N2O7S2/c1-16-6-11-23(41-16)25(34)39-15-20-18(9-10-21-24(20)33(4)26(35)27(2,3)32-21)19-8-7-17(14-22(19)38-5)40-42(36,37)13-12-28(29,30)31/h6-10,14,23,32H,11-13,15H2,1-5H3. The highest BCUT2D eigenvalue weighted by molar-refractivity contribution is 8.04. The minimum Gasteiger partial charge on any atom is -0.496 e. The predicted octanol–water partition coefficient (Wildman–Crippen LogP) is 5.64. The summed E-state index contributed by atoms with van der Waals surface area (Å²) in [5.41, 5.74) is 1.71. The van der Waals surface area contributed by atoms with Crippen molar-refractivity contribution in [2.24, 2.45) is 0 Å². The summed E-state index contributed by atoms with van der Waals surface area (Å²) in [7, 11) is -1.57. The smallest absolute Gasteiger partial charge is 0.390 e. The van der Waals surface area contributed by atoms with Crippen LogP contribution < -0.4 is 19.1 Å². The first-order valence-electron chi connectivity index (χ1n) is 12.9. The van der Waals surface area contributed by atoms with Gasteiger partial charge in [0, 0.05) is 24.2 Å². The first-order valence-corrected chi connectivity index (χ1v) is 15.4. The third kappa shape index (κ3) is 6.97. The van der Waals surface area contributed by atoms with Gasteiger partial charge in [-0.05, 0) is 55.9 Å². The Morgan fingerprint density at radius 3 is 2.50 bits per heavy atom. The van der Waals surface area contributed by atoms with Crippen LogP contribution in [0.25, 0.3) is 11.1 Å². The fourth-order valence-corrected chi connectivity index (χ4v) is 6.74. The lowest BCUT2D eigenvalue weighted by atomic mass is 9.92. The normalized spacial score (nSPS) is 18.2. The molecule has 1 amide bonds. The maximum Gasteiger partial charge on any atom is 0.390 e. The van der Waals surface area contributed by atoms with E-state index in [0.29, 0.717) is 34.5 Å². The summed E-state index contributed by atoms with van der Waals surface area (Å²) >= 11 is 1.42. The molecule has 0 saturated carbocycles. The van der Waals surface area contributed by atoms with Gasteiger partial charge in [-0.25, -0.2) is 0 Å². The van der Waals surface area contributed by atoms with Crippen LogP contribution in [0, 0.1) is 0 Å². The molecule has 0 fully saturated rings. The summed E-state index contributed by atoms with van der Waals surface area (Å²) in [5.74, 6) is -1.95. The highest BCUT2D eigenvalue weighted by atomic mass is 32.2. The zero-order chi connectivity index (χ0) is 31.0. The topological polar surface area (TPSA) is 111 Å². The number of fused-ring (bicyclic) bond motifs is 1. The number of hydrogen-bond acceptors (Lipinski definition) is 9. The third-order valence-corrected chi connectivity index (χ3v) is 9.15. The van der Waals surface area contributed by atoms with Crippen molar-refractivity contribution < 1.29 is 44.8 Å². The summed E-state index contributed by atoms with van der Waals surface area (Å²) in [6.07, 6.45) is -3.70. The Bertz CT molecular complexity index is 1540. The number of esters is 1. The molecular formula is C28H31F3N2O7S2. The Morgan fingerprint density at radius 2 is 1.88 bits per heavy atom. The molecule has 1 N–H and O–H groups in total. The number of methoxy groups -OCH3 is 1. The van der Waals surface area contributed by atoms with Crippen molar-refractivity contribution in [1.29, 1.82) is 0 Å². The first kappa shape index (κ1) is 31.5. The van der Waals surface area contributed by atoms with Crippen LogP contribution in [-0.4, -0.2) is 57.2 Å². The van der Waals surface area contributed by atoms with Crippen molar-refractivity contribution in [3.05, 3.63) is 46.9 Å². The molecule has 14 heteroatoms. The van der Waals surface area contributed by atoms with Gasteiger partial charge in [0.25, 0.3) is 5.91 Å². The molecule has 0 radical (unpaired) electrons. The molecule has 1 unspecified atom stereocenters. The van der Waals surface area contributed by atoms with E-state index in [4.69, 9.17) is 13.7 Å². The molecule has 4 rings (SSSR count). The molecular weight excluding hydrogens is 597 g/mol. The molecule has 9 nitrogen and oxygen atoms in total. The van der Waals surface area contributed by atoms with Crippen molar-refractivity contribution in [3.8, 4) is 22.6 Å². The van der Waals surface area contributed by atoms with E-state index in [2.05, 4.69) is 5.32 Å². The van der Waals surface area contributed by atoms with E-state index in [1.807, 2.05) is 13.0 Å². The molecule has 2 aliphatic heterocycles. The number of nitrogens with one attached hydrogen (secondary N) is 1. The second kappa shape index (κ2) is 11.7. The van der Waals surface area contributed by atoms with Crippen LogP contribution in [-0.2, 0) is 31.1 Å². The number of nitrogens with zero attached hydrogens (tertiary/aromatic N) is 1. The van der Waals surface area contributed by atoms with E-state index in [1.54, 1.807) is 33.0 Å². The number of hydrogen-bond donors (Lipinski definition) is 1. The monoisotopic (exact) mass is 628 g/mol. The van der Waals surface area contributed by atoms with Crippen LogP contribution in [0.1, 0.15) is 39.2 Å². The van der Waals surface area contributed by atoms with Gasteiger partial charge in [-0.2, -0.15) is 21.6 Å². The van der Waals surface area contributed by atoms with Crippen LogP contribution in [0.3, 0.4) is 0 Å². The van der Waals surface area contributed by atoms with Crippen LogP contribution in [0.15, 0.2) is 41.3 Å². The van der Waals surface area contributed by atoms with Gasteiger partial charge in [0.1, 0.15) is 28.9 Å². The number of likely N-dealkylation sites (N-methyl/N-ethyl adjacent to an activating group) is 1. The number of carbonyl (C=O) groups is 2. The van der Waals surface area contributed by atoms with Crippen molar-refractivity contribution in [2.45, 2.75) is 57.2 Å². The zero-order valence-electron chi connectivity index (χ0n) is 23.6. The first-order chi connectivity index (χ1) is 19.5. The number of anilines is 2. The Balaban J connectivity index is 1.72. The second-order valence-corrected chi connectivity index (χ2v) is 13.6. The Labute approximate surface area is 246 Å². The lowest BCUT2D eigenvalue weighted by Gasteiger charge is -2.39. The summed E-state index contributed by atoms with van der Waals surface area (Å²) < 4.78 is 78.1. The Morgan fingerprint density at radius 1 is 1.19 bits per heavy atom. The molecule has 42 heavy (non-hydrogen) atoms. The second-order valence-electron chi connectivity index (χ2n) is 10.4. The number of carbonyl (C=O) groups excluding carboxylic acids is 2. The quantitative estimate of drug-likeness (QED) is 0.279. The van der Waals surface area contributed by atoms with Crippen LogP contribution in [0.5, 0.6) is 11.5 Å². The fourth-order valence-electron chi connectivity index (χ4n) is 4.78. The maximum atomic E-state index is 13.2. The minimum atomic E-state index is -4.66. The van der Waals surface area contributed by atoms with Crippen molar-refractivity contribution in [2.75, 3.05) is 30.1 Å². The number of allylic oxidation sites excluding steroid dienone is 2. The van der Waals surface area contributed by atoms with Gasteiger partial charge in [0.2, 0.25) is 0 Å². The lowest BCUT2D eigenvalue weighted by Crippen LogP contribution is -2.52. The van der Waals surface area contributed by atoms with E-state index >= 15 is 0 Å². The molecule has 0 bridgehead atoms. The van der Waals surface area contributed by atoms with Gasteiger partial charge >= 0.3 is 22.3 Å². The average Bonchev–Trinajstić information content (AvgIpc) is 3.35. The predicted molar refractivity (Wildman–Crippen MR) is 154 cm³/mol. The largest absolute Gasteiger partial charge is 0.496 e. The van der Waals surface area contributed by atoms with Crippen molar-refractivity contribution in [1.82, 2.24) is 0 Å². The van der Waals surface area contributed by atoms with E-state index in [1.165, 1.54) is 42.0 Å². The molecule has 0 aliphatic carbocycles. The number of benzene rings is 2. The molecule has 2 aromatic carbocycles. The summed E-state index contributed by atoms with van der Waals surface area (Å²) in [5, 5.41) is 2.85. The van der Waals surface area contributed by atoms with Crippen molar-refractivity contribution >= 4 is 45.1 Å². The zero-order valence-corrected chi connectivity index (χ0v) is 25.3. The number of alkyl halides is 3. The molecule has 2 aliphatic rings. The van der Waals surface area contributed by atoms with E-state index in [-0.39, 0.29) is 29.3 Å². The fraction of sp³-hybridized carbons (Fsp3) is 0.429. The van der Waals surface area contributed by atoms with Crippen molar-refractivity contribution in [3.63, 3.8) is 0 Å². The number of amides is 1. The SMILES string of the molecule is COc1cc(OS(=O)(=O)CCC(F)(F)F)ccc1-c1ccc2c(c1COC(=O)C1CC=C(C)S1)N(C)C(=O)C(C)(C)N2. The minimum absolute atomic E-state index is 0.148. The number of thioether (sulfide) groups is 1. The average molecular weight is 629 g/mol. The van der Waals surface area contributed by atoms with Gasteiger partial charge in [-0.15, -0.1) is 11.8 Å². The third-order valence-electron chi connectivity index (χ3n) is 6.80. The summed E-state index contributed by atoms with van der Waals surface area (Å²) in [6, 6.07) is 7.55. The Hall–Kier alpha value is -3.39. The number of halogens is 3. The van der Waals surface area contributed by atoms with Gasteiger partial charge in [-0.1, -0.05) is 12.1 Å². The van der Waals surface area contributed by atoms with Gasteiger partial charge in [-0.3, -0.25) is 9.59 Å². The molecule has 228 valence electrons. The van der Waals surface area contributed by atoms with Crippen LogP contribution in [0.4, 0.5) is 24.5 Å². The molecule has 2 aromatic rings. The summed E-state index contributed by atoms with van der Waals surface area (Å²) in [6.45, 7) is 5.23. The Kier molecular flexibility index (Phi) is 8.79. The van der Waals surface area contributed by atoms with E-state index in [9.17, 15) is 31.2 Å². The summed E-state index contributed by atoms with van der Waals surface area (Å²) in [4.78, 5) is 28.6. The van der Waals surface area contributed by atoms with Crippen LogP contribution in [0.2, 0.25) is 0 Å². The van der Waals surface area contributed by atoms with Gasteiger partial charge in [0.05, 0.1) is 30.7 Å². The lowest BCUT2D eigenvalue weighted by molar-refractivity contribution is -0.144. The molecule has 1 atom stereocenters. The molecule has 0 aromatic heterocycles.